The van der Waals surface area contributed by atoms with Crippen LogP contribution in [0.15, 0.2) is 36.7 Å². The van der Waals surface area contributed by atoms with E-state index in [-0.39, 0.29) is 5.69 Å². The van der Waals surface area contributed by atoms with Crippen molar-refractivity contribution in [3.63, 3.8) is 0 Å². The first-order valence-corrected chi connectivity index (χ1v) is 8.83. The van der Waals surface area contributed by atoms with E-state index in [0.717, 1.165) is 24.0 Å². The van der Waals surface area contributed by atoms with Crippen molar-refractivity contribution >= 4 is 17.3 Å². The Balaban J connectivity index is 1.58. The van der Waals surface area contributed by atoms with Crippen LogP contribution in [0.2, 0.25) is 0 Å². The van der Waals surface area contributed by atoms with Gasteiger partial charge in [0.1, 0.15) is 12.1 Å². The zero-order valence-electron chi connectivity index (χ0n) is 14.8. The van der Waals surface area contributed by atoms with Crippen LogP contribution in [-0.2, 0) is 12.6 Å². The summed E-state index contributed by atoms with van der Waals surface area (Å²) in [4.78, 5) is 12.5. The minimum Gasteiger partial charge on any atom is -0.367 e. The van der Waals surface area contributed by atoms with Gasteiger partial charge in [-0.2, -0.15) is 27.8 Å². The number of piperazine rings is 1. The van der Waals surface area contributed by atoms with Crippen LogP contribution in [0.5, 0.6) is 0 Å². The van der Waals surface area contributed by atoms with Gasteiger partial charge in [-0.3, -0.25) is 0 Å². The van der Waals surface area contributed by atoms with E-state index in [9.17, 15) is 13.2 Å². The molecule has 0 radical (unpaired) electrons. The molecule has 0 amide bonds. The average Bonchev–Trinajstić information content (AvgIpc) is 3.15. The standard InChI is InChI=1S/C18H19F3N6/c1-2-13-11-16(27-17(24-13)22-12-23-27)26-9-7-25(8-10-26)15-6-4-3-5-14(15)18(19,20)21/h3-6,11-12H,2,7-10H2,1H3. The van der Waals surface area contributed by atoms with Gasteiger partial charge < -0.3 is 9.80 Å². The normalized spacial score (nSPS) is 15.6. The molecule has 0 N–H and O–H groups in total. The molecule has 1 aliphatic heterocycles. The third-order valence-electron chi connectivity index (χ3n) is 4.80. The lowest BCUT2D eigenvalue weighted by atomic mass is 10.1. The molecule has 0 spiro atoms. The van der Waals surface area contributed by atoms with Gasteiger partial charge in [0.25, 0.3) is 5.78 Å². The van der Waals surface area contributed by atoms with Crippen molar-refractivity contribution < 1.29 is 13.2 Å². The van der Waals surface area contributed by atoms with Crippen molar-refractivity contribution in [1.82, 2.24) is 19.6 Å². The molecular formula is C18H19F3N6. The second-order valence-corrected chi connectivity index (χ2v) is 6.42. The van der Waals surface area contributed by atoms with Crippen LogP contribution >= 0.6 is 0 Å². The number of aromatic nitrogens is 4. The van der Waals surface area contributed by atoms with Crippen LogP contribution < -0.4 is 9.80 Å². The molecule has 0 saturated carbocycles. The third-order valence-corrected chi connectivity index (χ3v) is 4.80. The zero-order valence-corrected chi connectivity index (χ0v) is 14.8. The summed E-state index contributed by atoms with van der Waals surface area (Å²) in [5.74, 6) is 1.41. The molecule has 1 fully saturated rings. The molecule has 0 unspecified atom stereocenters. The number of rotatable bonds is 3. The highest BCUT2D eigenvalue weighted by molar-refractivity contribution is 5.57. The smallest absolute Gasteiger partial charge is 0.367 e. The molecule has 6 nitrogen and oxygen atoms in total. The molecule has 1 saturated heterocycles. The van der Waals surface area contributed by atoms with Gasteiger partial charge in [0.15, 0.2) is 0 Å². The van der Waals surface area contributed by atoms with Crippen molar-refractivity contribution in [1.29, 1.82) is 0 Å². The highest BCUT2D eigenvalue weighted by Gasteiger charge is 2.35. The fourth-order valence-electron chi connectivity index (χ4n) is 3.42. The van der Waals surface area contributed by atoms with Crippen molar-refractivity contribution in [2.24, 2.45) is 0 Å². The molecular weight excluding hydrogens is 357 g/mol. The first-order valence-electron chi connectivity index (χ1n) is 8.83. The maximum absolute atomic E-state index is 13.3. The maximum atomic E-state index is 13.3. The quantitative estimate of drug-likeness (QED) is 0.703. The van der Waals surface area contributed by atoms with E-state index in [4.69, 9.17) is 0 Å². The largest absolute Gasteiger partial charge is 0.418 e. The van der Waals surface area contributed by atoms with Crippen LogP contribution in [0.3, 0.4) is 0 Å². The summed E-state index contributed by atoms with van der Waals surface area (Å²) in [6, 6.07) is 7.72. The zero-order chi connectivity index (χ0) is 19.0. The van der Waals surface area contributed by atoms with Crippen LogP contribution in [0, 0.1) is 0 Å². The average molecular weight is 376 g/mol. The highest BCUT2D eigenvalue weighted by atomic mass is 19.4. The van der Waals surface area contributed by atoms with E-state index in [2.05, 4.69) is 20.0 Å². The van der Waals surface area contributed by atoms with E-state index in [1.165, 1.54) is 18.5 Å². The Morgan fingerprint density at radius 2 is 1.74 bits per heavy atom. The minimum atomic E-state index is -4.36. The predicted octanol–water partition coefficient (Wildman–Crippen LogP) is 3.03. The van der Waals surface area contributed by atoms with E-state index < -0.39 is 11.7 Å². The number of alkyl halides is 3. The molecule has 0 atom stereocenters. The summed E-state index contributed by atoms with van der Waals surface area (Å²) in [5.41, 5.74) is 0.559. The SMILES string of the molecule is CCc1cc(N2CCN(c3ccccc3C(F)(F)F)CC2)n2ncnc2n1. The molecule has 3 aromatic rings. The van der Waals surface area contributed by atoms with Gasteiger partial charge in [0.2, 0.25) is 0 Å². The van der Waals surface area contributed by atoms with Crippen LogP contribution in [0.25, 0.3) is 5.78 Å². The Morgan fingerprint density at radius 1 is 1.04 bits per heavy atom. The lowest BCUT2D eigenvalue weighted by molar-refractivity contribution is -0.137. The lowest BCUT2D eigenvalue weighted by Crippen LogP contribution is -2.47. The molecule has 2 aromatic heterocycles. The van der Waals surface area contributed by atoms with Gasteiger partial charge in [-0.1, -0.05) is 19.1 Å². The monoisotopic (exact) mass is 376 g/mol. The highest BCUT2D eigenvalue weighted by Crippen LogP contribution is 2.36. The van der Waals surface area contributed by atoms with Gasteiger partial charge >= 0.3 is 6.18 Å². The fourth-order valence-corrected chi connectivity index (χ4v) is 3.42. The molecule has 9 heteroatoms. The molecule has 1 aliphatic rings. The van der Waals surface area contributed by atoms with E-state index in [1.807, 2.05) is 13.0 Å². The topological polar surface area (TPSA) is 49.6 Å². The fraction of sp³-hybridized carbons (Fsp3) is 0.389. The number of anilines is 2. The van der Waals surface area contributed by atoms with E-state index in [1.54, 1.807) is 15.5 Å². The lowest BCUT2D eigenvalue weighted by Gasteiger charge is -2.38. The summed E-state index contributed by atoms with van der Waals surface area (Å²) in [5, 5.41) is 4.23. The number of aryl methyl sites for hydroxylation is 1. The molecule has 0 bridgehead atoms. The second-order valence-electron chi connectivity index (χ2n) is 6.42. The minimum absolute atomic E-state index is 0.236. The molecule has 1 aromatic carbocycles. The first kappa shape index (κ1) is 17.6. The maximum Gasteiger partial charge on any atom is 0.418 e. The van der Waals surface area contributed by atoms with E-state index in [0.29, 0.717) is 32.0 Å². The van der Waals surface area contributed by atoms with Crippen LogP contribution in [0.1, 0.15) is 18.2 Å². The molecule has 0 aliphatic carbocycles. The summed E-state index contributed by atoms with van der Waals surface area (Å²) in [7, 11) is 0. The summed E-state index contributed by atoms with van der Waals surface area (Å²) in [6.07, 6.45) is -2.13. The third kappa shape index (κ3) is 3.29. The Morgan fingerprint density at radius 3 is 2.44 bits per heavy atom. The van der Waals surface area contributed by atoms with E-state index >= 15 is 0 Å². The Hall–Kier alpha value is -2.84. The van der Waals surface area contributed by atoms with Gasteiger partial charge in [-0.25, -0.2) is 4.98 Å². The molecule has 3 heterocycles. The van der Waals surface area contributed by atoms with Crippen LogP contribution in [-0.4, -0.2) is 45.8 Å². The number of hydrogen-bond donors (Lipinski definition) is 0. The number of fused-ring (bicyclic) bond motifs is 1. The summed E-state index contributed by atoms with van der Waals surface area (Å²) >= 11 is 0. The Labute approximate surface area is 154 Å². The second kappa shape index (κ2) is 6.71. The summed E-state index contributed by atoms with van der Waals surface area (Å²) < 4.78 is 41.6. The Kier molecular flexibility index (Phi) is 4.37. The Bertz CT molecular complexity index is 944. The number of hydrogen-bond acceptors (Lipinski definition) is 5. The van der Waals surface area contributed by atoms with Crippen LogP contribution in [0.4, 0.5) is 24.7 Å². The number of nitrogens with zero attached hydrogens (tertiary/aromatic N) is 6. The van der Waals surface area contributed by atoms with Gasteiger partial charge in [0, 0.05) is 43.6 Å². The van der Waals surface area contributed by atoms with Crippen molar-refractivity contribution in [3.05, 3.63) is 47.9 Å². The van der Waals surface area contributed by atoms with Crippen molar-refractivity contribution in [3.8, 4) is 0 Å². The van der Waals surface area contributed by atoms with Gasteiger partial charge in [-0.05, 0) is 18.6 Å². The first-order chi connectivity index (χ1) is 13.0. The van der Waals surface area contributed by atoms with Gasteiger partial charge in [0.05, 0.1) is 5.56 Å². The number of halogens is 3. The molecule has 142 valence electrons. The number of para-hydroxylation sites is 1. The van der Waals surface area contributed by atoms with Gasteiger partial charge in [-0.15, -0.1) is 0 Å². The molecule has 27 heavy (non-hydrogen) atoms. The van der Waals surface area contributed by atoms with Crippen molar-refractivity contribution in [2.45, 2.75) is 19.5 Å². The van der Waals surface area contributed by atoms with Crippen molar-refractivity contribution in [2.75, 3.05) is 36.0 Å². The summed E-state index contributed by atoms with van der Waals surface area (Å²) in [6.45, 7) is 4.19. The predicted molar refractivity (Wildman–Crippen MR) is 96.0 cm³/mol. The molecule has 4 rings (SSSR count). The number of benzene rings is 1.